The molecule has 4 aromatic rings. The second-order valence-electron chi connectivity index (χ2n) is 6.92. The molecule has 0 spiro atoms. The molecular weight excluding hydrogens is 393 g/mol. The van der Waals surface area contributed by atoms with Crippen LogP contribution in [0.1, 0.15) is 16.7 Å². The van der Waals surface area contributed by atoms with E-state index >= 15 is 4.39 Å². The summed E-state index contributed by atoms with van der Waals surface area (Å²) in [5.74, 6) is -0.840. The first-order valence-corrected chi connectivity index (χ1v) is 9.62. The molecule has 0 aliphatic heterocycles. The third kappa shape index (κ3) is 4.02. The highest BCUT2D eigenvalue weighted by Crippen LogP contribution is 2.38. The first kappa shape index (κ1) is 19.9. The maximum atomic E-state index is 15.5. The van der Waals surface area contributed by atoms with E-state index in [2.05, 4.69) is 26.7 Å². The maximum Gasteiger partial charge on any atom is 0.222 e. The first-order chi connectivity index (χ1) is 15.1. The average Bonchev–Trinajstić information content (AvgIpc) is 2.79. The molecule has 0 saturated heterocycles. The number of aromatic nitrogens is 2. The Labute approximate surface area is 178 Å². The fourth-order valence-electron chi connectivity index (χ4n) is 3.41. The van der Waals surface area contributed by atoms with E-state index in [0.717, 1.165) is 11.1 Å². The normalized spacial score (nSPS) is 10.6. The summed E-state index contributed by atoms with van der Waals surface area (Å²) in [6.45, 7) is 0.727. The standard InChI is InChI=1S/C23H20FN7/c24-18-20(29-13-15-9-5-2-6-10-15)16(11-25)19(28-12-14-7-3-1-4-8-14)17-21(18)30-23(27)31-22(17)26/h1-10,28-29H,12-13H2,(H4,26,27,30,31). The van der Waals surface area contributed by atoms with Crippen LogP contribution in [0.5, 0.6) is 0 Å². The minimum Gasteiger partial charge on any atom is -0.383 e. The first-order valence-electron chi connectivity index (χ1n) is 9.62. The molecule has 7 nitrogen and oxygen atoms in total. The number of hydrogen-bond donors (Lipinski definition) is 4. The van der Waals surface area contributed by atoms with Crippen molar-refractivity contribution < 1.29 is 4.39 Å². The van der Waals surface area contributed by atoms with Crippen molar-refractivity contribution in [2.45, 2.75) is 13.1 Å². The number of nitrogen functional groups attached to an aromatic ring is 2. The summed E-state index contributed by atoms with van der Waals surface area (Å²) >= 11 is 0. The van der Waals surface area contributed by atoms with Crippen molar-refractivity contribution in [3.63, 3.8) is 0 Å². The highest BCUT2D eigenvalue weighted by Gasteiger charge is 2.23. The van der Waals surface area contributed by atoms with Gasteiger partial charge in [-0.1, -0.05) is 60.7 Å². The van der Waals surface area contributed by atoms with E-state index in [9.17, 15) is 5.26 Å². The number of rotatable bonds is 6. The zero-order valence-corrected chi connectivity index (χ0v) is 16.6. The number of halogens is 1. The minimum atomic E-state index is -0.700. The van der Waals surface area contributed by atoms with Crippen molar-refractivity contribution in [3.05, 3.63) is 83.2 Å². The van der Waals surface area contributed by atoms with Crippen molar-refractivity contribution in [2.24, 2.45) is 0 Å². The third-order valence-corrected chi connectivity index (χ3v) is 4.87. The Bertz CT molecular complexity index is 1270. The Balaban J connectivity index is 1.84. The molecule has 31 heavy (non-hydrogen) atoms. The Kier molecular flexibility index (Phi) is 5.49. The largest absolute Gasteiger partial charge is 0.383 e. The zero-order valence-electron chi connectivity index (χ0n) is 16.6. The van der Waals surface area contributed by atoms with Crippen LogP contribution in [0.4, 0.5) is 27.5 Å². The van der Waals surface area contributed by atoms with Crippen LogP contribution in [0.3, 0.4) is 0 Å². The highest BCUT2D eigenvalue weighted by atomic mass is 19.1. The molecule has 0 fully saturated rings. The van der Waals surface area contributed by atoms with Crippen LogP contribution in [-0.2, 0) is 13.1 Å². The molecule has 6 N–H and O–H groups in total. The van der Waals surface area contributed by atoms with Gasteiger partial charge in [-0.25, -0.2) is 9.37 Å². The van der Waals surface area contributed by atoms with E-state index in [-0.39, 0.29) is 33.9 Å². The number of nitrogens with zero attached hydrogens (tertiary/aromatic N) is 3. The SMILES string of the molecule is N#Cc1c(NCc2ccccc2)c(F)c2nc(N)nc(N)c2c1NCc1ccccc1. The molecule has 0 unspecified atom stereocenters. The fraction of sp³-hybridized carbons (Fsp3) is 0.0870. The van der Waals surface area contributed by atoms with Gasteiger partial charge in [0.15, 0.2) is 5.82 Å². The smallest absolute Gasteiger partial charge is 0.222 e. The van der Waals surface area contributed by atoms with Crippen LogP contribution < -0.4 is 22.1 Å². The highest BCUT2D eigenvalue weighted by molar-refractivity contribution is 6.05. The van der Waals surface area contributed by atoms with E-state index in [1.165, 1.54) is 0 Å². The van der Waals surface area contributed by atoms with Gasteiger partial charge in [0.1, 0.15) is 23.0 Å². The quantitative estimate of drug-likeness (QED) is 0.376. The van der Waals surface area contributed by atoms with Crippen LogP contribution in [0.2, 0.25) is 0 Å². The predicted octanol–water partition coefficient (Wildman–Crippen LogP) is 4.03. The summed E-state index contributed by atoms with van der Waals surface area (Å²) in [6, 6.07) is 21.2. The van der Waals surface area contributed by atoms with Crippen molar-refractivity contribution in [2.75, 3.05) is 22.1 Å². The van der Waals surface area contributed by atoms with Gasteiger partial charge in [-0.2, -0.15) is 10.2 Å². The molecule has 3 aromatic carbocycles. The van der Waals surface area contributed by atoms with Crippen LogP contribution in [0.25, 0.3) is 10.9 Å². The molecule has 0 amide bonds. The van der Waals surface area contributed by atoms with Gasteiger partial charge in [0.25, 0.3) is 0 Å². The summed E-state index contributed by atoms with van der Waals surface area (Å²) < 4.78 is 15.5. The summed E-state index contributed by atoms with van der Waals surface area (Å²) in [5, 5.41) is 16.4. The number of benzene rings is 3. The van der Waals surface area contributed by atoms with Crippen molar-refractivity contribution >= 4 is 34.0 Å². The Morgan fingerprint density at radius 1 is 0.839 bits per heavy atom. The van der Waals surface area contributed by atoms with Crippen LogP contribution >= 0.6 is 0 Å². The lowest BCUT2D eigenvalue weighted by Gasteiger charge is -2.18. The predicted molar refractivity (Wildman–Crippen MR) is 121 cm³/mol. The van der Waals surface area contributed by atoms with Crippen molar-refractivity contribution in [3.8, 4) is 6.07 Å². The number of nitriles is 1. The molecule has 4 rings (SSSR count). The number of nitrogens with one attached hydrogen (secondary N) is 2. The summed E-state index contributed by atoms with van der Waals surface area (Å²) in [7, 11) is 0. The second kappa shape index (κ2) is 8.55. The maximum absolute atomic E-state index is 15.5. The fourth-order valence-corrected chi connectivity index (χ4v) is 3.41. The lowest BCUT2D eigenvalue weighted by molar-refractivity contribution is 0.638. The molecule has 0 bridgehead atoms. The van der Waals surface area contributed by atoms with E-state index < -0.39 is 5.82 Å². The molecule has 0 atom stereocenters. The van der Waals surface area contributed by atoms with Gasteiger partial charge in [-0.05, 0) is 11.1 Å². The van der Waals surface area contributed by atoms with Crippen LogP contribution in [0, 0.1) is 17.1 Å². The third-order valence-electron chi connectivity index (χ3n) is 4.87. The van der Waals surface area contributed by atoms with Gasteiger partial charge < -0.3 is 22.1 Å². The number of fused-ring (bicyclic) bond motifs is 1. The van der Waals surface area contributed by atoms with Gasteiger partial charge in [0.05, 0.1) is 16.8 Å². The number of anilines is 4. The molecule has 154 valence electrons. The Morgan fingerprint density at radius 3 is 1.94 bits per heavy atom. The monoisotopic (exact) mass is 413 g/mol. The van der Waals surface area contributed by atoms with E-state index in [0.29, 0.717) is 18.8 Å². The Hall–Kier alpha value is -4.38. The van der Waals surface area contributed by atoms with Gasteiger partial charge >= 0.3 is 0 Å². The van der Waals surface area contributed by atoms with Crippen LogP contribution in [0.15, 0.2) is 60.7 Å². The number of hydrogen-bond acceptors (Lipinski definition) is 7. The van der Waals surface area contributed by atoms with Gasteiger partial charge in [-0.15, -0.1) is 0 Å². The summed E-state index contributed by atoms with van der Waals surface area (Å²) in [6.07, 6.45) is 0. The van der Waals surface area contributed by atoms with Gasteiger partial charge in [0.2, 0.25) is 5.95 Å². The average molecular weight is 413 g/mol. The van der Waals surface area contributed by atoms with E-state index in [1.807, 2.05) is 60.7 Å². The minimum absolute atomic E-state index is 0.00284. The van der Waals surface area contributed by atoms with E-state index in [4.69, 9.17) is 11.5 Å². The molecular formula is C23H20FN7. The van der Waals surface area contributed by atoms with Gasteiger partial charge in [-0.3, -0.25) is 0 Å². The molecule has 0 aliphatic rings. The lowest BCUT2D eigenvalue weighted by atomic mass is 10.0. The molecule has 0 radical (unpaired) electrons. The topological polar surface area (TPSA) is 126 Å². The summed E-state index contributed by atoms with van der Waals surface area (Å²) in [5.41, 5.74) is 14.1. The van der Waals surface area contributed by atoms with Crippen LogP contribution in [-0.4, -0.2) is 9.97 Å². The molecule has 8 heteroatoms. The second-order valence-corrected chi connectivity index (χ2v) is 6.92. The summed E-state index contributed by atoms with van der Waals surface area (Å²) in [4.78, 5) is 8.03. The Morgan fingerprint density at radius 2 is 1.39 bits per heavy atom. The molecule has 0 aliphatic carbocycles. The molecule has 1 heterocycles. The number of nitrogens with two attached hydrogens (primary N) is 2. The van der Waals surface area contributed by atoms with Crippen molar-refractivity contribution in [1.29, 1.82) is 5.26 Å². The lowest BCUT2D eigenvalue weighted by Crippen LogP contribution is -2.12. The van der Waals surface area contributed by atoms with Gasteiger partial charge in [0, 0.05) is 13.1 Å². The van der Waals surface area contributed by atoms with Crippen molar-refractivity contribution in [1.82, 2.24) is 9.97 Å². The zero-order chi connectivity index (χ0) is 21.8. The van der Waals surface area contributed by atoms with E-state index in [1.54, 1.807) is 0 Å². The molecule has 0 saturated carbocycles. The molecule has 1 aromatic heterocycles.